The largest absolute Gasteiger partial charge is 0.497 e. The monoisotopic (exact) mass is 552 g/mol. The average Bonchev–Trinajstić information content (AvgIpc) is 3.34. The molecule has 0 fully saturated rings. The van der Waals surface area contributed by atoms with Crippen molar-refractivity contribution in [2.75, 3.05) is 12.4 Å². The van der Waals surface area contributed by atoms with Crippen LogP contribution in [0, 0.1) is 11.3 Å². The van der Waals surface area contributed by atoms with Gasteiger partial charge in [0.2, 0.25) is 0 Å². The minimum Gasteiger partial charge on any atom is -0.497 e. The Morgan fingerprint density at radius 2 is 1.77 bits per heavy atom. The summed E-state index contributed by atoms with van der Waals surface area (Å²) in [5.41, 5.74) is 4.37. The molecule has 3 aromatic carbocycles. The quantitative estimate of drug-likeness (QED) is 0.114. The number of fused-ring (bicyclic) bond motifs is 2. The number of esters is 1. The van der Waals surface area contributed by atoms with Gasteiger partial charge in [0, 0.05) is 10.4 Å². The molecule has 0 radical (unpaired) electrons. The van der Waals surface area contributed by atoms with Crippen LogP contribution in [0.25, 0.3) is 10.8 Å². The summed E-state index contributed by atoms with van der Waals surface area (Å²) in [6.45, 7) is 0. The Hall–Kier alpha value is -5.01. The van der Waals surface area contributed by atoms with Gasteiger partial charge in [-0.05, 0) is 72.4 Å². The predicted molar refractivity (Wildman–Crippen MR) is 152 cm³/mol. The number of rotatable bonds is 6. The number of amides is 2. The smallest absolute Gasteiger partial charge is 0.343 e. The SMILES string of the molecule is COc1ccc(C(=O)Oc2ccc3ccccc3c2C=NNC(=O)C(=O)Nc2sc3c(c2C#N)CCCC3)cc1. The number of aryl methyl sites for hydroxylation is 1. The second-order valence-corrected chi connectivity index (χ2v) is 10.1. The fraction of sp³-hybridized carbons (Fsp3) is 0.167. The van der Waals surface area contributed by atoms with Crippen LogP contribution in [0.2, 0.25) is 0 Å². The van der Waals surface area contributed by atoms with E-state index in [1.165, 1.54) is 24.7 Å². The van der Waals surface area contributed by atoms with E-state index in [-0.39, 0.29) is 5.75 Å². The van der Waals surface area contributed by atoms with Gasteiger partial charge in [-0.2, -0.15) is 10.4 Å². The maximum Gasteiger partial charge on any atom is 0.343 e. The minimum atomic E-state index is -0.997. The topological polar surface area (TPSA) is 130 Å². The van der Waals surface area contributed by atoms with Gasteiger partial charge in [-0.15, -0.1) is 11.3 Å². The molecule has 2 N–H and O–H groups in total. The van der Waals surface area contributed by atoms with Crippen LogP contribution in [0.5, 0.6) is 11.5 Å². The molecule has 1 aliphatic rings. The van der Waals surface area contributed by atoms with Crippen LogP contribution in [0.15, 0.2) is 65.8 Å². The van der Waals surface area contributed by atoms with E-state index >= 15 is 0 Å². The maximum absolute atomic E-state index is 12.8. The Morgan fingerprint density at radius 3 is 2.55 bits per heavy atom. The number of hydrogen-bond acceptors (Lipinski definition) is 8. The van der Waals surface area contributed by atoms with E-state index in [1.54, 1.807) is 30.3 Å². The number of anilines is 1. The van der Waals surface area contributed by atoms with Crippen molar-refractivity contribution in [1.82, 2.24) is 5.43 Å². The van der Waals surface area contributed by atoms with Gasteiger partial charge < -0.3 is 14.8 Å². The van der Waals surface area contributed by atoms with Crippen LogP contribution in [0.3, 0.4) is 0 Å². The summed E-state index contributed by atoms with van der Waals surface area (Å²) in [5, 5.41) is 18.1. The lowest BCUT2D eigenvalue weighted by atomic mass is 9.96. The van der Waals surface area contributed by atoms with Gasteiger partial charge in [-0.3, -0.25) is 9.59 Å². The molecule has 2 amide bonds. The van der Waals surface area contributed by atoms with E-state index < -0.39 is 17.8 Å². The van der Waals surface area contributed by atoms with Crippen molar-refractivity contribution >= 4 is 51.1 Å². The molecular weight excluding hydrogens is 528 g/mol. The highest BCUT2D eigenvalue weighted by Crippen LogP contribution is 2.37. The molecule has 0 unspecified atom stereocenters. The second-order valence-electron chi connectivity index (χ2n) is 9.00. The summed E-state index contributed by atoms with van der Waals surface area (Å²) >= 11 is 1.33. The molecule has 1 aromatic heterocycles. The van der Waals surface area contributed by atoms with Crippen LogP contribution in [-0.2, 0) is 22.4 Å². The van der Waals surface area contributed by atoms with Crippen LogP contribution in [0.1, 0.15) is 44.8 Å². The summed E-state index contributed by atoms with van der Waals surface area (Å²) in [5.74, 6) is -1.68. The molecule has 0 atom stereocenters. The molecule has 200 valence electrons. The lowest BCUT2D eigenvalue weighted by Gasteiger charge is -2.11. The van der Waals surface area contributed by atoms with Crippen molar-refractivity contribution in [2.45, 2.75) is 25.7 Å². The van der Waals surface area contributed by atoms with Crippen LogP contribution < -0.4 is 20.2 Å². The van der Waals surface area contributed by atoms with Crippen LogP contribution in [0.4, 0.5) is 5.00 Å². The molecule has 1 aliphatic carbocycles. The van der Waals surface area contributed by atoms with E-state index in [0.717, 1.165) is 46.9 Å². The molecule has 0 saturated heterocycles. The average molecular weight is 553 g/mol. The van der Waals surface area contributed by atoms with Crippen molar-refractivity contribution in [3.63, 3.8) is 0 Å². The number of thiophene rings is 1. The third-order valence-corrected chi connectivity index (χ3v) is 7.74. The first-order chi connectivity index (χ1) is 19.5. The van der Waals surface area contributed by atoms with Crippen LogP contribution in [-0.4, -0.2) is 31.1 Å². The second kappa shape index (κ2) is 11.8. The van der Waals surface area contributed by atoms with Gasteiger partial charge in [0.25, 0.3) is 0 Å². The molecule has 4 aromatic rings. The summed E-state index contributed by atoms with van der Waals surface area (Å²) < 4.78 is 10.8. The Balaban J connectivity index is 1.33. The van der Waals surface area contributed by atoms with Gasteiger partial charge in [-0.1, -0.05) is 30.3 Å². The molecule has 1 heterocycles. The number of nitriles is 1. The lowest BCUT2D eigenvalue weighted by molar-refractivity contribution is -0.136. The predicted octanol–water partition coefficient (Wildman–Crippen LogP) is 4.97. The number of hydrazone groups is 1. The van der Waals surface area contributed by atoms with Gasteiger partial charge in [0.05, 0.1) is 24.5 Å². The van der Waals surface area contributed by atoms with E-state index in [0.29, 0.717) is 27.4 Å². The Morgan fingerprint density at radius 1 is 1.00 bits per heavy atom. The molecule has 5 rings (SSSR count). The highest BCUT2D eigenvalue weighted by molar-refractivity contribution is 7.16. The number of carbonyl (C=O) groups excluding carboxylic acids is 3. The van der Waals surface area contributed by atoms with Gasteiger partial charge >= 0.3 is 17.8 Å². The highest BCUT2D eigenvalue weighted by atomic mass is 32.1. The highest BCUT2D eigenvalue weighted by Gasteiger charge is 2.23. The van der Waals surface area contributed by atoms with Gasteiger partial charge in [0.1, 0.15) is 22.6 Å². The van der Waals surface area contributed by atoms with E-state index in [4.69, 9.17) is 9.47 Å². The number of benzene rings is 3. The summed E-state index contributed by atoms with van der Waals surface area (Å²) in [7, 11) is 1.54. The molecule has 9 nitrogen and oxygen atoms in total. The Labute approximate surface area is 234 Å². The zero-order chi connectivity index (χ0) is 28.1. The number of ether oxygens (including phenoxy) is 2. The fourth-order valence-electron chi connectivity index (χ4n) is 4.52. The number of methoxy groups -OCH3 is 1. The molecule has 0 bridgehead atoms. The standard InChI is InChI=1S/C30H24N4O5S/c1-38-20-13-10-19(11-14-20)30(37)39-25-15-12-18-6-2-3-7-21(18)24(25)17-32-34-28(36)27(35)33-29-23(16-31)22-8-4-5-9-26(22)40-29/h2-3,6-7,10-15,17H,4-5,8-9H2,1H3,(H,33,35)(H,34,36). The summed E-state index contributed by atoms with van der Waals surface area (Å²) in [6.07, 6.45) is 5.00. The number of nitrogens with zero attached hydrogens (tertiary/aromatic N) is 2. The lowest BCUT2D eigenvalue weighted by Crippen LogP contribution is -2.32. The van der Waals surface area contributed by atoms with Gasteiger partial charge in [0.15, 0.2) is 0 Å². The van der Waals surface area contributed by atoms with E-state index in [1.807, 2.05) is 30.3 Å². The first-order valence-electron chi connectivity index (χ1n) is 12.6. The van der Waals surface area contributed by atoms with Crippen molar-refractivity contribution in [2.24, 2.45) is 5.10 Å². The van der Waals surface area contributed by atoms with Crippen molar-refractivity contribution in [1.29, 1.82) is 5.26 Å². The number of hydrogen-bond donors (Lipinski definition) is 2. The molecule has 10 heteroatoms. The third kappa shape index (κ3) is 5.55. The molecular formula is C30H24N4O5S. The maximum atomic E-state index is 12.8. The van der Waals surface area contributed by atoms with E-state index in [9.17, 15) is 19.6 Å². The van der Waals surface area contributed by atoms with Crippen molar-refractivity contribution in [3.8, 4) is 17.6 Å². The molecule has 0 spiro atoms. The van der Waals surface area contributed by atoms with Crippen molar-refractivity contribution in [3.05, 3.63) is 87.8 Å². The van der Waals surface area contributed by atoms with Crippen molar-refractivity contribution < 1.29 is 23.9 Å². The third-order valence-electron chi connectivity index (χ3n) is 6.54. The number of carbonyl (C=O) groups is 3. The zero-order valence-corrected chi connectivity index (χ0v) is 22.3. The number of nitrogens with one attached hydrogen (secondary N) is 2. The molecule has 0 saturated carbocycles. The molecule has 40 heavy (non-hydrogen) atoms. The van der Waals surface area contributed by atoms with E-state index in [2.05, 4.69) is 21.9 Å². The zero-order valence-electron chi connectivity index (χ0n) is 21.5. The normalized spacial score (nSPS) is 12.4. The minimum absolute atomic E-state index is 0.227. The van der Waals surface area contributed by atoms with Gasteiger partial charge in [-0.25, -0.2) is 10.2 Å². The summed E-state index contributed by atoms with van der Waals surface area (Å²) in [6, 6.07) is 19.5. The Kier molecular flexibility index (Phi) is 7.84. The van der Waals surface area contributed by atoms with Crippen LogP contribution >= 0.6 is 11.3 Å². The molecule has 0 aliphatic heterocycles. The summed E-state index contributed by atoms with van der Waals surface area (Å²) in [4.78, 5) is 39.0. The first kappa shape index (κ1) is 26.6. The fourth-order valence-corrected chi connectivity index (χ4v) is 5.76. The first-order valence-corrected chi connectivity index (χ1v) is 13.4. The Bertz CT molecular complexity index is 1680.